The van der Waals surface area contributed by atoms with Gasteiger partial charge < -0.3 is 19.5 Å². The van der Waals surface area contributed by atoms with Crippen molar-refractivity contribution in [2.24, 2.45) is 0 Å². The van der Waals surface area contributed by atoms with Gasteiger partial charge in [0, 0.05) is 6.07 Å². The van der Waals surface area contributed by atoms with Crippen molar-refractivity contribution in [3.8, 4) is 5.75 Å². The van der Waals surface area contributed by atoms with Gasteiger partial charge in [0.1, 0.15) is 19.3 Å². The van der Waals surface area contributed by atoms with Gasteiger partial charge in [-0.3, -0.25) is 4.79 Å². The van der Waals surface area contributed by atoms with Crippen LogP contribution >= 0.6 is 34.8 Å². The van der Waals surface area contributed by atoms with E-state index >= 15 is 0 Å². The van der Waals surface area contributed by atoms with Gasteiger partial charge in [-0.15, -0.1) is 0 Å². The van der Waals surface area contributed by atoms with Crippen LogP contribution in [0.4, 0.5) is 4.79 Å². The zero-order valence-electron chi connectivity index (χ0n) is 18.2. The molecule has 3 rings (SSSR count). The zero-order valence-corrected chi connectivity index (χ0v) is 20.5. The Morgan fingerprint density at radius 2 is 1.29 bits per heavy atom. The van der Waals surface area contributed by atoms with Crippen LogP contribution in [-0.2, 0) is 32.3 Å². The van der Waals surface area contributed by atoms with Crippen LogP contribution < -0.4 is 10.1 Å². The molecule has 3 aromatic rings. The van der Waals surface area contributed by atoms with E-state index in [0.717, 1.165) is 11.1 Å². The maximum atomic E-state index is 12.8. The van der Waals surface area contributed by atoms with E-state index in [1.54, 1.807) is 48.5 Å². The number of halogens is 3. The normalized spacial score (nSPS) is 11.3. The van der Waals surface area contributed by atoms with Crippen molar-refractivity contribution in [1.82, 2.24) is 5.32 Å². The monoisotopic (exact) mass is 535 g/mol. The van der Waals surface area contributed by atoms with Gasteiger partial charge in [-0.1, -0.05) is 95.5 Å². The standard InChI is InChI=1S/C25H20Cl3NO6/c26-18-11-20(28)22(12-19(18)27)35-24(31)21(13-23(30)33-14-16-7-3-1-4-8-16)29-25(32)34-15-17-9-5-2-6-10-17/h1-12,21H,13-15H2,(H,29,32)/t21-/m0/s1. The average molecular weight is 537 g/mol. The summed E-state index contributed by atoms with van der Waals surface area (Å²) in [5.74, 6) is -1.80. The van der Waals surface area contributed by atoms with Crippen LogP contribution in [0.5, 0.6) is 5.75 Å². The average Bonchev–Trinajstić information content (AvgIpc) is 2.85. The highest BCUT2D eigenvalue weighted by Gasteiger charge is 2.28. The number of carbonyl (C=O) groups is 3. The lowest BCUT2D eigenvalue weighted by Gasteiger charge is -2.18. The largest absolute Gasteiger partial charge is 0.461 e. The molecule has 0 radical (unpaired) electrons. The van der Waals surface area contributed by atoms with E-state index < -0.39 is 30.5 Å². The highest BCUT2D eigenvalue weighted by atomic mass is 35.5. The number of carbonyl (C=O) groups excluding carboxylic acids is 3. The second-order valence-electron chi connectivity index (χ2n) is 7.23. The Hall–Kier alpha value is -3.26. The molecule has 0 unspecified atom stereocenters. The molecule has 0 bridgehead atoms. The first kappa shape index (κ1) is 26.3. The summed E-state index contributed by atoms with van der Waals surface area (Å²) in [6, 6.07) is 19.1. The molecule has 10 heteroatoms. The van der Waals surface area contributed by atoms with Crippen molar-refractivity contribution in [1.29, 1.82) is 0 Å². The van der Waals surface area contributed by atoms with E-state index in [2.05, 4.69) is 5.32 Å². The Labute approximate surface area is 216 Å². The number of hydrogen-bond donors (Lipinski definition) is 1. The van der Waals surface area contributed by atoms with Crippen LogP contribution in [0.15, 0.2) is 72.8 Å². The fourth-order valence-electron chi connectivity index (χ4n) is 2.83. The summed E-state index contributed by atoms with van der Waals surface area (Å²) in [7, 11) is 0. The Bertz CT molecular complexity index is 1120. The number of nitrogens with one attached hydrogen (secondary N) is 1. The van der Waals surface area contributed by atoms with Crippen molar-refractivity contribution in [2.75, 3.05) is 0 Å². The molecule has 1 amide bonds. The Morgan fingerprint density at radius 1 is 0.743 bits per heavy atom. The fraction of sp³-hybridized carbons (Fsp3) is 0.160. The summed E-state index contributed by atoms with van der Waals surface area (Å²) >= 11 is 17.9. The number of esters is 2. The summed E-state index contributed by atoms with van der Waals surface area (Å²) in [5.41, 5.74) is 1.50. The summed E-state index contributed by atoms with van der Waals surface area (Å²) < 4.78 is 15.7. The minimum Gasteiger partial charge on any atom is -0.461 e. The molecule has 0 saturated heterocycles. The Morgan fingerprint density at radius 3 is 1.89 bits per heavy atom. The molecule has 0 aromatic heterocycles. The lowest BCUT2D eigenvalue weighted by atomic mass is 10.2. The van der Waals surface area contributed by atoms with Gasteiger partial charge in [0.2, 0.25) is 0 Å². The molecule has 182 valence electrons. The SMILES string of the molecule is O=C(C[C@H](NC(=O)OCc1ccccc1)C(=O)Oc1cc(Cl)c(Cl)cc1Cl)OCc1ccccc1. The van der Waals surface area contributed by atoms with Crippen molar-refractivity contribution < 1.29 is 28.6 Å². The van der Waals surface area contributed by atoms with Crippen molar-refractivity contribution >= 4 is 52.8 Å². The Kier molecular flexibility index (Phi) is 9.78. The number of rotatable bonds is 9. The smallest absolute Gasteiger partial charge is 0.408 e. The molecule has 0 spiro atoms. The molecule has 0 aliphatic carbocycles. The molecule has 1 N–H and O–H groups in total. The van der Waals surface area contributed by atoms with Gasteiger partial charge in [-0.25, -0.2) is 9.59 Å². The summed E-state index contributed by atoms with van der Waals surface area (Å²) in [5, 5.41) is 2.63. The second-order valence-corrected chi connectivity index (χ2v) is 8.45. The molecule has 35 heavy (non-hydrogen) atoms. The lowest BCUT2D eigenvalue weighted by Crippen LogP contribution is -2.44. The molecule has 3 aromatic carbocycles. The molecule has 1 atom stereocenters. The quantitative estimate of drug-likeness (QED) is 0.205. The van der Waals surface area contributed by atoms with E-state index in [4.69, 9.17) is 49.0 Å². The number of benzene rings is 3. The van der Waals surface area contributed by atoms with Gasteiger partial charge in [0.15, 0.2) is 5.75 Å². The van der Waals surface area contributed by atoms with Gasteiger partial charge >= 0.3 is 18.0 Å². The highest BCUT2D eigenvalue weighted by Crippen LogP contribution is 2.34. The zero-order chi connectivity index (χ0) is 25.2. The second kappa shape index (κ2) is 13.0. The maximum Gasteiger partial charge on any atom is 0.408 e. The molecule has 0 aliphatic rings. The number of ether oxygens (including phenoxy) is 3. The first-order valence-corrected chi connectivity index (χ1v) is 11.5. The minimum absolute atomic E-state index is 0.00147. The maximum absolute atomic E-state index is 12.8. The third-order valence-corrected chi connectivity index (χ3v) is 5.61. The van der Waals surface area contributed by atoms with Crippen LogP contribution in [0.25, 0.3) is 0 Å². The first-order chi connectivity index (χ1) is 16.8. The Balaban J connectivity index is 1.67. The van der Waals surface area contributed by atoms with Gasteiger partial charge in [0.25, 0.3) is 0 Å². The van der Waals surface area contributed by atoms with E-state index in [9.17, 15) is 14.4 Å². The van der Waals surface area contributed by atoms with Crippen LogP contribution in [0.3, 0.4) is 0 Å². The van der Waals surface area contributed by atoms with E-state index in [-0.39, 0.29) is 34.0 Å². The van der Waals surface area contributed by atoms with Gasteiger partial charge in [-0.2, -0.15) is 0 Å². The van der Waals surface area contributed by atoms with Crippen molar-refractivity contribution in [3.63, 3.8) is 0 Å². The van der Waals surface area contributed by atoms with Crippen LogP contribution in [0.2, 0.25) is 15.1 Å². The molecular weight excluding hydrogens is 517 g/mol. The van der Waals surface area contributed by atoms with E-state index in [1.165, 1.54) is 12.1 Å². The lowest BCUT2D eigenvalue weighted by molar-refractivity contribution is -0.149. The van der Waals surface area contributed by atoms with Crippen molar-refractivity contribution in [2.45, 2.75) is 25.7 Å². The topological polar surface area (TPSA) is 90.9 Å². The van der Waals surface area contributed by atoms with Crippen LogP contribution in [0, 0.1) is 0 Å². The van der Waals surface area contributed by atoms with Crippen LogP contribution in [-0.4, -0.2) is 24.1 Å². The molecule has 0 saturated carbocycles. The summed E-state index contributed by atoms with van der Waals surface area (Å²) in [6.45, 7) is -0.0377. The van der Waals surface area contributed by atoms with E-state index in [1.807, 2.05) is 12.1 Å². The number of alkyl carbamates (subject to hydrolysis) is 1. The molecule has 0 aliphatic heterocycles. The predicted octanol–water partition coefficient (Wildman–Crippen LogP) is 5.98. The number of amides is 1. The van der Waals surface area contributed by atoms with Gasteiger partial charge in [-0.05, 0) is 17.2 Å². The third kappa shape index (κ3) is 8.47. The summed E-state index contributed by atoms with van der Waals surface area (Å²) in [6.07, 6.45) is -1.43. The first-order valence-electron chi connectivity index (χ1n) is 10.3. The predicted molar refractivity (Wildman–Crippen MR) is 132 cm³/mol. The third-order valence-electron chi connectivity index (χ3n) is 4.59. The van der Waals surface area contributed by atoms with Crippen molar-refractivity contribution in [3.05, 3.63) is 99.0 Å². The number of hydrogen-bond acceptors (Lipinski definition) is 6. The fourth-order valence-corrected chi connectivity index (χ4v) is 3.40. The minimum atomic E-state index is -1.42. The summed E-state index contributed by atoms with van der Waals surface area (Å²) in [4.78, 5) is 37.6. The molecular formula is C25H20Cl3NO6. The van der Waals surface area contributed by atoms with Crippen LogP contribution in [0.1, 0.15) is 17.5 Å². The highest BCUT2D eigenvalue weighted by molar-refractivity contribution is 6.43. The molecule has 7 nitrogen and oxygen atoms in total. The van der Waals surface area contributed by atoms with E-state index in [0.29, 0.717) is 0 Å². The van der Waals surface area contributed by atoms with Gasteiger partial charge in [0.05, 0.1) is 21.5 Å². The molecule has 0 heterocycles. The molecule has 0 fully saturated rings.